The number of hydrogen-bond donors (Lipinski definition) is 0. The van der Waals surface area contributed by atoms with Gasteiger partial charge in [0.25, 0.3) is 0 Å². The molecule has 0 atom stereocenters. The molecule has 0 aromatic heterocycles. The van der Waals surface area contributed by atoms with Gasteiger partial charge in [0, 0.05) is 6.04 Å². The van der Waals surface area contributed by atoms with Crippen molar-refractivity contribution in [2.24, 2.45) is 0 Å². The molecule has 0 unspecified atom stereocenters. The zero-order valence-electron chi connectivity index (χ0n) is 18.4. The van der Waals surface area contributed by atoms with Crippen LogP contribution in [0, 0.1) is 0 Å². The highest BCUT2D eigenvalue weighted by Gasteiger charge is 2.49. The molecule has 0 fully saturated rings. The molecule has 1 aromatic rings. The van der Waals surface area contributed by atoms with Crippen LogP contribution in [-0.4, -0.2) is 32.7 Å². The molecule has 0 heterocycles. The van der Waals surface area contributed by atoms with Crippen LogP contribution in [-0.2, 0) is 19.7 Å². The Labute approximate surface area is 161 Å². The lowest BCUT2D eigenvalue weighted by molar-refractivity contribution is -0.0751. The van der Waals surface area contributed by atoms with Gasteiger partial charge in [0.05, 0.1) is 23.9 Å². The van der Waals surface area contributed by atoms with Crippen molar-refractivity contribution >= 4 is 8.80 Å². The van der Waals surface area contributed by atoms with Crippen molar-refractivity contribution in [3.63, 3.8) is 0 Å². The maximum absolute atomic E-state index is 6.51. The summed E-state index contributed by atoms with van der Waals surface area (Å²) < 4.78 is 24.8. The van der Waals surface area contributed by atoms with E-state index in [0.29, 0.717) is 0 Å². The van der Waals surface area contributed by atoms with E-state index in [1.807, 2.05) is 12.1 Å². The SMILES string of the molecule is COc1ccc(CC[Si](OC(C)(C)C)(OC(C)(C)C)OC(C)(C)C)cc1. The first-order valence-corrected chi connectivity index (χ1v) is 11.3. The third kappa shape index (κ3) is 9.17. The summed E-state index contributed by atoms with van der Waals surface area (Å²) in [7, 11) is -1.26. The Hall–Kier alpha value is -0.883. The van der Waals surface area contributed by atoms with E-state index < -0.39 is 8.80 Å². The van der Waals surface area contributed by atoms with Crippen LogP contribution in [0.5, 0.6) is 5.75 Å². The lowest BCUT2D eigenvalue weighted by Gasteiger charge is -2.43. The van der Waals surface area contributed by atoms with Crippen LogP contribution in [0.1, 0.15) is 67.9 Å². The molecule has 1 aromatic carbocycles. The average molecular weight is 383 g/mol. The Morgan fingerprint density at radius 1 is 0.692 bits per heavy atom. The van der Waals surface area contributed by atoms with E-state index in [9.17, 15) is 0 Å². The van der Waals surface area contributed by atoms with Gasteiger partial charge in [-0.05, 0) is 86.4 Å². The van der Waals surface area contributed by atoms with Crippen molar-refractivity contribution < 1.29 is 18.0 Å². The van der Waals surface area contributed by atoms with Gasteiger partial charge in [0.15, 0.2) is 0 Å². The summed E-state index contributed by atoms with van der Waals surface area (Å²) in [6.07, 6.45) is 0.832. The molecule has 0 aliphatic carbocycles. The van der Waals surface area contributed by atoms with Crippen LogP contribution in [0.25, 0.3) is 0 Å². The highest BCUT2D eigenvalue weighted by atomic mass is 28.4. The lowest BCUT2D eigenvalue weighted by Crippen LogP contribution is -2.57. The van der Waals surface area contributed by atoms with Crippen LogP contribution in [0.2, 0.25) is 6.04 Å². The fourth-order valence-electron chi connectivity index (χ4n) is 2.70. The first-order chi connectivity index (χ1) is 11.6. The van der Waals surface area contributed by atoms with E-state index in [4.69, 9.17) is 18.0 Å². The second-order valence-electron chi connectivity index (χ2n) is 9.67. The minimum absolute atomic E-state index is 0.345. The largest absolute Gasteiger partial charge is 0.502 e. The number of aryl methyl sites for hydroxylation is 1. The maximum Gasteiger partial charge on any atom is 0.502 e. The van der Waals surface area contributed by atoms with Crippen molar-refractivity contribution in [1.29, 1.82) is 0 Å². The molecule has 5 heteroatoms. The zero-order valence-corrected chi connectivity index (χ0v) is 19.4. The van der Waals surface area contributed by atoms with E-state index in [1.165, 1.54) is 5.56 Å². The molecule has 0 spiro atoms. The van der Waals surface area contributed by atoms with Crippen molar-refractivity contribution in [3.05, 3.63) is 29.8 Å². The Morgan fingerprint density at radius 2 is 1.08 bits per heavy atom. The first kappa shape index (κ1) is 23.2. The van der Waals surface area contributed by atoms with E-state index in [1.54, 1.807) is 7.11 Å². The van der Waals surface area contributed by atoms with Gasteiger partial charge >= 0.3 is 8.80 Å². The summed E-state index contributed by atoms with van der Waals surface area (Å²) in [5, 5.41) is 0. The summed E-state index contributed by atoms with van der Waals surface area (Å²) in [6, 6.07) is 8.87. The zero-order chi connectivity index (χ0) is 20.2. The third-order valence-electron chi connectivity index (χ3n) is 3.26. The molecule has 0 amide bonds. The topological polar surface area (TPSA) is 36.9 Å². The monoisotopic (exact) mass is 382 g/mol. The van der Waals surface area contributed by atoms with Gasteiger partial charge < -0.3 is 18.0 Å². The summed E-state index contributed by atoms with van der Waals surface area (Å²) in [5.41, 5.74) is 0.184. The number of ether oxygens (including phenoxy) is 1. The molecule has 0 aliphatic rings. The van der Waals surface area contributed by atoms with Crippen molar-refractivity contribution in [2.75, 3.05) is 7.11 Å². The predicted molar refractivity (Wildman–Crippen MR) is 110 cm³/mol. The minimum Gasteiger partial charge on any atom is -0.497 e. The summed E-state index contributed by atoms with van der Waals surface area (Å²) in [5.74, 6) is 0.861. The Balaban J connectivity index is 3.12. The van der Waals surface area contributed by atoms with Crippen molar-refractivity contribution in [1.82, 2.24) is 0 Å². The van der Waals surface area contributed by atoms with Crippen molar-refractivity contribution in [2.45, 2.75) is 91.6 Å². The first-order valence-electron chi connectivity index (χ1n) is 9.37. The molecule has 0 aliphatic heterocycles. The summed E-state index contributed by atoms with van der Waals surface area (Å²) in [4.78, 5) is 0. The van der Waals surface area contributed by atoms with Gasteiger partial charge in [0.2, 0.25) is 0 Å². The highest BCUT2D eigenvalue weighted by Crippen LogP contribution is 2.32. The number of benzene rings is 1. The summed E-state index contributed by atoms with van der Waals surface area (Å²) in [6.45, 7) is 18.5. The Kier molecular flexibility index (Phi) is 7.50. The van der Waals surface area contributed by atoms with Gasteiger partial charge in [-0.15, -0.1) is 0 Å². The fraction of sp³-hybridized carbons (Fsp3) is 0.714. The normalized spacial score (nSPS) is 13.8. The van der Waals surface area contributed by atoms with E-state index in [0.717, 1.165) is 18.2 Å². The van der Waals surface area contributed by atoms with Crippen molar-refractivity contribution in [3.8, 4) is 5.75 Å². The average Bonchev–Trinajstić information content (AvgIpc) is 2.40. The molecule has 1 rings (SSSR count). The second kappa shape index (κ2) is 8.42. The summed E-state index contributed by atoms with van der Waals surface area (Å²) >= 11 is 0. The third-order valence-corrected chi connectivity index (χ3v) is 6.90. The molecule has 26 heavy (non-hydrogen) atoms. The number of methoxy groups -OCH3 is 1. The van der Waals surface area contributed by atoms with Crippen LogP contribution in [0.15, 0.2) is 24.3 Å². The standard InChI is InChI=1S/C21H38O4Si/c1-19(2,3)23-26(24-20(4,5)6,25-21(7,8)9)16-15-17-11-13-18(22-10)14-12-17/h11-14H,15-16H2,1-10H3. The number of hydrogen-bond acceptors (Lipinski definition) is 4. The smallest absolute Gasteiger partial charge is 0.497 e. The fourth-order valence-corrected chi connectivity index (χ4v) is 6.53. The second-order valence-corrected chi connectivity index (χ2v) is 12.2. The van der Waals surface area contributed by atoms with Crippen LogP contribution < -0.4 is 4.74 Å². The van der Waals surface area contributed by atoms with Crippen LogP contribution >= 0.6 is 0 Å². The molecule has 0 saturated carbocycles. The van der Waals surface area contributed by atoms with E-state index in [-0.39, 0.29) is 16.8 Å². The minimum atomic E-state index is -2.94. The molecule has 150 valence electrons. The molecule has 4 nitrogen and oxygen atoms in total. The van der Waals surface area contributed by atoms with Gasteiger partial charge in [-0.3, -0.25) is 0 Å². The molecule has 0 saturated heterocycles. The van der Waals surface area contributed by atoms with E-state index in [2.05, 4.69) is 74.4 Å². The van der Waals surface area contributed by atoms with Gasteiger partial charge in [-0.25, -0.2) is 0 Å². The predicted octanol–water partition coefficient (Wildman–Crippen LogP) is 5.62. The van der Waals surface area contributed by atoms with Gasteiger partial charge in [-0.2, -0.15) is 0 Å². The lowest BCUT2D eigenvalue weighted by atomic mass is 10.2. The molecular weight excluding hydrogens is 344 g/mol. The van der Waals surface area contributed by atoms with Crippen LogP contribution in [0.3, 0.4) is 0 Å². The number of rotatable bonds is 7. The highest BCUT2D eigenvalue weighted by molar-refractivity contribution is 6.61. The van der Waals surface area contributed by atoms with Gasteiger partial charge in [-0.1, -0.05) is 12.1 Å². The Bertz CT molecular complexity index is 507. The van der Waals surface area contributed by atoms with Gasteiger partial charge in [0.1, 0.15) is 5.75 Å². The molecule has 0 bridgehead atoms. The van der Waals surface area contributed by atoms with E-state index >= 15 is 0 Å². The molecule has 0 N–H and O–H groups in total. The van der Waals surface area contributed by atoms with Crippen LogP contribution in [0.4, 0.5) is 0 Å². The maximum atomic E-state index is 6.51. The molecule has 0 radical (unpaired) electrons. The Morgan fingerprint density at radius 3 is 1.38 bits per heavy atom. The quantitative estimate of drug-likeness (QED) is 0.573. The molecular formula is C21H38O4Si.